The van der Waals surface area contributed by atoms with Gasteiger partial charge in [0.2, 0.25) is 5.91 Å². The SMILES string of the molecule is CCOC(=O)C(CC)N1C(=O)CCC1C(=O)OC. The Hall–Kier alpha value is -1.59. The van der Waals surface area contributed by atoms with Crippen molar-refractivity contribution in [3.63, 3.8) is 0 Å². The quantitative estimate of drug-likeness (QED) is 0.670. The molecule has 1 rings (SSSR count). The number of amides is 1. The minimum Gasteiger partial charge on any atom is -0.467 e. The van der Waals surface area contributed by atoms with Crippen LogP contribution in [0.3, 0.4) is 0 Å². The summed E-state index contributed by atoms with van der Waals surface area (Å²) in [6, 6.07) is -1.37. The van der Waals surface area contributed by atoms with Crippen LogP contribution in [0.25, 0.3) is 0 Å². The fourth-order valence-electron chi connectivity index (χ4n) is 2.18. The van der Waals surface area contributed by atoms with Crippen molar-refractivity contribution in [1.82, 2.24) is 4.90 Å². The molecule has 18 heavy (non-hydrogen) atoms. The van der Waals surface area contributed by atoms with E-state index in [2.05, 4.69) is 4.74 Å². The van der Waals surface area contributed by atoms with Crippen molar-refractivity contribution >= 4 is 17.8 Å². The van der Waals surface area contributed by atoms with Crippen molar-refractivity contribution in [2.24, 2.45) is 0 Å². The first-order valence-corrected chi connectivity index (χ1v) is 6.12. The molecule has 1 aliphatic rings. The Balaban J connectivity index is 2.90. The molecule has 0 aromatic heterocycles. The summed E-state index contributed by atoms with van der Waals surface area (Å²) in [7, 11) is 1.27. The molecular weight excluding hydrogens is 238 g/mol. The summed E-state index contributed by atoms with van der Waals surface area (Å²) in [6.45, 7) is 3.73. The molecule has 0 aliphatic carbocycles. The van der Waals surface area contributed by atoms with Gasteiger partial charge < -0.3 is 14.4 Å². The number of carbonyl (C=O) groups excluding carboxylic acids is 3. The highest BCUT2D eigenvalue weighted by Gasteiger charge is 2.43. The molecule has 6 heteroatoms. The van der Waals surface area contributed by atoms with E-state index >= 15 is 0 Å². The van der Waals surface area contributed by atoms with Gasteiger partial charge in [0.05, 0.1) is 13.7 Å². The highest BCUT2D eigenvalue weighted by Crippen LogP contribution is 2.24. The van der Waals surface area contributed by atoms with Crippen molar-refractivity contribution in [3.05, 3.63) is 0 Å². The molecule has 1 heterocycles. The zero-order valence-corrected chi connectivity index (χ0v) is 11.0. The van der Waals surface area contributed by atoms with Crippen LogP contribution in [-0.2, 0) is 23.9 Å². The van der Waals surface area contributed by atoms with Crippen molar-refractivity contribution in [2.75, 3.05) is 13.7 Å². The van der Waals surface area contributed by atoms with Crippen LogP contribution in [-0.4, -0.2) is 48.5 Å². The van der Waals surface area contributed by atoms with Crippen LogP contribution in [0.1, 0.15) is 33.1 Å². The Morgan fingerprint density at radius 3 is 2.61 bits per heavy atom. The zero-order chi connectivity index (χ0) is 13.7. The minimum absolute atomic E-state index is 0.203. The number of ether oxygens (including phenoxy) is 2. The fraction of sp³-hybridized carbons (Fsp3) is 0.750. The number of methoxy groups -OCH3 is 1. The van der Waals surface area contributed by atoms with Gasteiger partial charge in [-0.3, -0.25) is 4.79 Å². The number of nitrogens with zero attached hydrogens (tertiary/aromatic N) is 1. The van der Waals surface area contributed by atoms with Crippen LogP contribution >= 0.6 is 0 Å². The Morgan fingerprint density at radius 2 is 2.11 bits per heavy atom. The van der Waals surface area contributed by atoms with Gasteiger partial charge in [0, 0.05) is 6.42 Å². The highest BCUT2D eigenvalue weighted by molar-refractivity contribution is 5.92. The lowest BCUT2D eigenvalue weighted by atomic mass is 10.1. The second-order valence-corrected chi connectivity index (χ2v) is 4.05. The van der Waals surface area contributed by atoms with E-state index in [0.717, 1.165) is 0 Å². The van der Waals surface area contributed by atoms with Crippen molar-refractivity contribution in [3.8, 4) is 0 Å². The van der Waals surface area contributed by atoms with E-state index < -0.39 is 24.0 Å². The number of hydrogen-bond acceptors (Lipinski definition) is 5. The normalized spacial score (nSPS) is 20.7. The van der Waals surface area contributed by atoms with Crippen LogP contribution in [0.15, 0.2) is 0 Å². The smallest absolute Gasteiger partial charge is 0.328 e. The lowest BCUT2D eigenvalue weighted by Crippen LogP contribution is -2.49. The average Bonchev–Trinajstić information content (AvgIpc) is 2.72. The molecular formula is C12H19NO5. The molecule has 1 fully saturated rings. The molecule has 1 amide bonds. The molecule has 1 saturated heterocycles. The molecule has 0 saturated carbocycles. The van der Waals surface area contributed by atoms with Gasteiger partial charge in [-0.1, -0.05) is 6.92 Å². The number of carbonyl (C=O) groups is 3. The minimum atomic E-state index is -0.705. The van der Waals surface area contributed by atoms with Crippen LogP contribution in [0.2, 0.25) is 0 Å². The summed E-state index contributed by atoms with van der Waals surface area (Å²) in [6.07, 6.45) is 1.06. The standard InChI is InChI=1S/C12H19NO5/c1-4-8(12(16)18-5-2)13-9(11(15)17-3)6-7-10(13)14/h8-9H,4-7H2,1-3H3. The first kappa shape index (κ1) is 14.5. The maximum Gasteiger partial charge on any atom is 0.328 e. The maximum atomic E-state index is 11.8. The molecule has 1 aliphatic heterocycles. The summed E-state index contributed by atoms with van der Waals surface area (Å²) in [5.41, 5.74) is 0. The summed E-state index contributed by atoms with van der Waals surface area (Å²) in [5.74, 6) is -1.15. The fourth-order valence-corrected chi connectivity index (χ4v) is 2.18. The molecule has 0 bridgehead atoms. The number of rotatable bonds is 5. The van der Waals surface area contributed by atoms with Gasteiger partial charge >= 0.3 is 11.9 Å². The van der Waals surface area contributed by atoms with Gasteiger partial charge in [-0.2, -0.15) is 0 Å². The Bertz CT molecular complexity index is 341. The number of esters is 2. The molecule has 0 spiro atoms. The maximum absolute atomic E-state index is 11.8. The second kappa shape index (κ2) is 6.37. The van der Waals surface area contributed by atoms with Crippen molar-refractivity contribution in [1.29, 1.82) is 0 Å². The van der Waals surface area contributed by atoms with Crippen molar-refractivity contribution in [2.45, 2.75) is 45.2 Å². The monoisotopic (exact) mass is 257 g/mol. The topological polar surface area (TPSA) is 72.9 Å². The number of hydrogen-bond donors (Lipinski definition) is 0. The molecule has 0 aromatic rings. The lowest BCUT2D eigenvalue weighted by molar-refractivity contribution is -0.159. The third kappa shape index (κ3) is 2.80. The Kier molecular flexibility index (Phi) is 5.12. The average molecular weight is 257 g/mol. The molecule has 0 aromatic carbocycles. The zero-order valence-electron chi connectivity index (χ0n) is 11.0. The van der Waals surface area contributed by atoms with E-state index in [4.69, 9.17) is 4.74 Å². The van der Waals surface area contributed by atoms with Gasteiger partial charge in [0.15, 0.2) is 0 Å². The predicted molar refractivity (Wildman–Crippen MR) is 62.6 cm³/mol. The molecule has 102 valence electrons. The van der Waals surface area contributed by atoms with Crippen LogP contribution in [0, 0.1) is 0 Å². The van der Waals surface area contributed by atoms with Gasteiger partial charge in [0.25, 0.3) is 0 Å². The first-order chi connectivity index (χ1) is 8.56. The molecule has 6 nitrogen and oxygen atoms in total. The predicted octanol–water partition coefficient (Wildman–Crippen LogP) is 0.492. The van der Waals surface area contributed by atoms with Gasteiger partial charge in [-0.05, 0) is 19.8 Å². The van der Waals surface area contributed by atoms with Crippen LogP contribution in [0.4, 0.5) is 0 Å². The van der Waals surface area contributed by atoms with Gasteiger partial charge in [-0.25, -0.2) is 9.59 Å². The third-order valence-corrected chi connectivity index (χ3v) is 3.01. The molecule has 0 N–H and O–H groups in total. The van der Waals surface area contributed by atoms with E-state index in [1.54, 1.807) is 13.8 Å². The van der Waals surface area contributed by atoms with E-state index in [-0.39, 0.29) is 18.9 Å². The van der Waals surface area contributed by atoms with E-state index in [1.807, 2.05) is 0 Å². The van der Waals surface area contributed by atoms with E-state index in [1.165, 1.54) is 12.0 Å². The van der Waals surface area contributed by atoms with Crippen molar-refractivity contribution < 1.29 is 23.9 Å². The summed E-state index contributed by atoms with van der Waals surface area (Å²) in [4.78, 5) is 36.5. The summed E-state index contributed by atoms with van der Waals surface area (Å²) >= 11 is 0. The molecule has 2 unspecified atom stereocenters. The Labute approximate surface area is 106 Å². The Morgan fingerprint density at radius 1 is 1.44 bits per heavy atom. The van der Waals surface area contributed by atoms with E-state index in [0.29, 0.717) is 12.8 Å². The molecule has 2 atom stereocenters. The number of likely N-dealkylation sites (tertiary alicyclic amines) is 1. The second-order valence-electron chi connectivity index (χ2n) is 4.05. The summed E-state index contributed by atoms with van der Waals surface area (Å²) in [5, 5.41) is 0. The van der Waals surface area contributed by atoms with E-state index in [9.17, 15) is 14.4 Å². The summed E-state index contributed by atoms with van der Waals surface area (Å²) < 4.78 is 9.59. The van der Waals surface area contributed by atoms with Crippen LogP contribution < -0.4 is 0 Å². The highest BCUT2D eigenvalue weighted by atomic mass is 16.5. The van der Waals surface area contributed by atoms with Gasteiger partial charge in [0.1, 0.15) is 12.1 Å². The largest absolute Gasteiger partial charge is 0.467 e. The first-order valence-electron chi connectivity index (χ1n) is 6.12. The molecule has 0 radical (unpaired) electrons. The van der Waals surface area contributed by atoms with Gasteiger partial charge in [-0.15, -0.1) is 0 Å². The third-order valence-electron chi connectivity index (χ3n) is 3.01. The lowest BCUT2D eigenvalue weighted by Gasteiger charge is -2.29. The van der Waals surface area contributed by atoms with Crippen LogP contribution in [0.5, 0.6) is 0 Å².